The number of hydrogen-bond donors (Lipinski definition) is 0. The lowest BCUT2D eigenvalue weighted by Gasteiger charge is -2.35. The fraction of sp³-hybridized carbons (Fsp3) is 0.0588. The second-order valence-corrected chi connectivity index (χ2v) is 19.1. The third-order valence-corrected chi connectivity index (χ3v) is 15.1. The van der Waals surface area contributed by atoms with Gasteiger partial charge in [0.2, 0.25) is 0 Å². The number of rotatable bonds is 8. The Labute approximate surface area is 405 Å². The van der Waals surface area contributed by atoms with Crippen LogP contribution in [0, 0.1) is 0 Å². The summed E-state index contributed by atoms with van der Waals surface area (Å²) in [6.45, 7) is 4.75. The molecule has 13 rings (SSSR count). The maximum Gasteiger partial charge on any atom is 0.0714 e. The maximum atomic E-state index is 2.55. The van der Waals surface area contributed by atoms with E-state index in [1.807, 2.05) is 0 Å². The minimum atomic E-state index is -0.566. The van der Waals surface area contributed by atoms with Crippen LogP contribution in [0.15, 0.2) is 261 Å². The van der Waals surface area contributed by atoms with Crippen molar-refractivity contribution >= 4 is 27.8 Å². The molecule has 2 aliphatic rings. The fourth-order valence-electron chi connectivity index (χ4n) is 12.1. The molecule has 0 atom stereocenters. The summed E-state index contributed by atoms with van der Waals surface area (Å²) in [6.07, 6.45) is 0. The Morgan fingerprint density at radius 2 is 0.841 bits per heavy atom. The Kier molecular flexibility index (Phi) is 9.49. The van der Waals surface area contributed by atoms with E-state index in [0.29, 0.717) is 0 Å². The van der Waals surface area contributed by atoms with E-state index in [9.17, 15) is 0 Å². The molecule has 0 unspecified atom stereocenters. The summed E-state index contributed by atoms with van der Waals surface area (Å²) in [4.78, 5) is 2.55. The largest absolute Gasteiger partial charge is 0.310 e. The number of fused-ring (bicyclic) bond motifs is 7. The summed E-state index contributed by atoms with van der Waals surface area (Å²) in [6, 6.07) is 97.1. The van der Waals surface area contributed by atoms with Crippen LogP contribution in [0.2, 0.25) is 0 Å². The second kappa shape index (κ2) is 16.1. The molecular formula is C68H49N. The van der Waals surface area contributed by atoms with Crippen LogP contribution in [0.25, 0.3) is 66.4 Å². The maximum absolute atomic E-state index is 2.55. The molecule has 11 aromatic carbocycles. The highest BCUT2D eigenvalue weighted by Crippen LogP contribution is 2.59. The minimum Gasteiger partial charge on any atom is -0.310 e. The molecule has 0 spiro atoms. The zero-order valence-electron chi connectivity index (χ0n) is 38.8. The molecule has 0 N–H and O–H groups in total. The molecule has 326 valence electrons. The zero-order valence-corrected chi connectivity index (χ0v) is 38.8. The lowest BCUT2D eigenvalue weighted by Crippen LogP contribution is -2.28. The average Bonchev–Trinajstić information content (AvgIpc) is 3.84. The van der Waals surface area contributed by atoms with Crippen molar-refractivity contribution in [2.75, 3.05) is 4.90 Å². The topological polar surface area (TPSA) is 3.24 Å². The minimum absolute atomic E-state index is 0.129. The van der Waals surface area contributed by atoms with Gasteiger partial charge in [-0.1, -0.05) is 244 Å². The number of nitrogens with zero attached hydrogens (tertiary/aromatic N) is 1. The van der Waals surface area contributed by atoms with Gasteiger partial charge in [-0.25, -0.2) is 0 Å². The van der Waals surface area contributed by atoms with Crippen LogP contribution < -0.4 is 4.90 Å². The highest BCUT2D eigenvalue weighted by atomic mass is 15.1. The molecule has 0 aliphatic heterocycles. The lowest BCUT2D eigenvalue weighted by molar-refractivity contribution is 0.660. The Hall–Kier alpha value is -8.52. The van der Waals surface area contributed by atoms with Crippen molar-refractivity contribution < 1.29 is 0 Å². The molecule has 0 amide bonds. The van der Waals surface area contributed by atoms with Gasteiger partial charge in [0.25, 0.3) is 0 Å². The van der Waals surface area contributed by atoms with Gasteiger partial charge in [0.1, 0.15) is 0 Å². The summed E-state index contributed by atoms with van der Waals surface area (Å²) in [5.74, 6) is 0. The van der Waals surface area contributed by atoms with E-state index in [1.54, 1.807) is 0 Å². The first-order valence-corrected chi connectivity index (χ1v) is 24.2. The summed E-state index contributed by atoms with van der Waals surface area (Å²) in [5.41, 5.74) is 22.7. The van der Waals surface area contributed by atoms with Crippen molar-refractivity contribution in [2.24, 2.45) is 0 Å². The van der Waals surface area contributed by atoms with Crippen molar-refractivity contribution in [3.05, 3.63) is 294 Å². The molecule has 0 heterocycles. The van der Waals surface area contributed by atoms with Crippen LogP contribution in [0.3, 0.4) is 0 Å². The third kappa shape index (κ3) is 6.24. The second-order valence-electron chi connectivity index (χ2n) is 19.1. The van der Waals surface area contributed by atoms with Gasteiger partial charge in [0.05, 0.1) is 11.1 Å². The van der Waals surface area contributed by atoms with E-state index >= 15 is 0 Å². The van der Waals surface area contributed by atoms with E-state index in [2.05, 4.69) is 280 Å². The molecule has 2 aliphatic carbocycles. The predicted molar refractivity (Wildman–Crippen MR) is 290 cm³/mol. The van der Waals surface area contributed by atoms with Gasteiger partial charge >= 0.3 is 0 Å². The van der Waals surface area contributed by atoms with E-state index in [0.717, 1.165) is 22.6 Å². The monoisotopic (exact) mass is 879 g/mol. The zero-order chi connectivity index (χ0) is 46.1. The molecule has 69 heavy (non-hydrogen) atoms. The van der Waals surface area contributed by atoms with E-state index < -0.39 is 5.41 Å². The third-order valence-electron chi connectivity index (χ3n) is 15.1. The normalized spacial score (nSPS) is 13.6. The molecular weight excluding hydrogens is 831 g/mol. The Bertz CT molecular complexity index is 3700. The predicted octanol–water partition coefficient (Wildman–Crippen LogP) is 18.0. The van der Waals surface area contributed by atoms with Crippen molar-refractivity contribution in [1.82, 2.24) is 0 Å². The van der Waals surface area contributed by atoms with Gasteiger partial charge < -0.3 is 4.90 Å². The molecule has 1 nitrogen and oxygen atoms in total. The highest BCUT2D eigenvalue weighted by Gasteiger charge is 2.46. The van der Waals surface area contributed by atoms with Gasteiger partial charge in [-0.05, 0) is 125 Å². The molecule has 0 saturated heterocycles. The van der Waals surface area contributed by atoms with E-state index in [-0.39, 0.29) is 5.41 Å². The molecule has 0 radical (unpaired) electrons. The summed E-state index contributed by atoms with van der Waals surface area (Å²) < 4.78 is 0. The smallest absolute Gasteiger partial charge is 0.0714 e. The van der Waals surface area contributed by atoms with Crippen LogP contribution in [-0.2, 0) is 10.8 Å². The van der Waals surface area contributed by atoms with Crippen LogP contribution in [0.1, 0.15) is 47.2 Å². The number of benzene rings is 11. The molecule has 0 aromatic heterocycles. The van der Waals surface area contributed by atoms with Crippen molar-refractivity contribution in [3.8, 4) is 55.6 Å². The fourth-order valence-corrected chi connectivity index (χ4v) is 12.1. The van der Waals surface area contributed by atoms with Gasteiger partial charge in [-0.3, -0.25) is 0 Å². The summed E-state index contributed by atoms with van der Waals surface area (Å²) in [5, 5.41) is 2.42. The Morgan fingerprint density at radius 1 is 0.304 bits per heavy atom. The quantitative estimate of drug-likeness (QED) is 0.147. The van der Waals surface area contributed by atoms with Gasteiger partial charge in [-0.2, -0.15) is 0 Å². The molecule has 0 fully saturated rings. The lowest BCUT2D eigenvalue weighted by atomic mass is 9.67. The average molecular weight is 880 g/mol. The molecule has 11 aromatic rings. The van der Waals surface area contributed by atoms with Gasteiger partial charge in [0.15, 0.2) is 0 Å². The standard InChI is InChI=1S/C68H49N/c1-67(2)60-37-19-18-34-58(60)66-57(36-21-39-62(66)67)59-44-52(43-48-27-15-16-32-53(48)59)69(64-40-22-35-54(46-23-7-3-8-24-46)65(64)47-25-9-4-10-26-47)51-41-42-56-55-33-17-20-38-61(55)68(63(56)45-51,49-28-11-5-12-29-49)50-30-13-6-14-31-50/h3-45H,1-2H3. The summed E-state index contributed by atoms with van der Waals surface area (Å²) >= 11 is 0. The first-order valence-electron chi connectivity index (χ1n) is 24.2. The van der Waals surface area contributed by atoms with Crippen LogP contribution in [0.5, 0.6) is 0 Å². The summed E-state index contributed by atoms with van der Waals surface area (Å²) in [7, 11) is 0. The van der Waals surface area contributed by atoms with Gasteiger partial charge in [-0.15, -0.1) is 0 Å². The molecule has 1 heteroatoms. The Balaban J connectivity index is 1.14. The first kappa shape index (κ1) is 40.7. The molecule has 0 saturated carbocycles. The van der Waals surface area contributed by atoms with Crippen molar-refractivity contribution in [2.45, 2.75) is 24.7 Å². The van der Waals surface area contributed by atoms with Crippen LogP contribution in [-0.4, -0.2) is 0 Å². The van der Waals surface area contributed by atoms with Crippen LogP contribution in [0.4, 0.5) is 17.1 Å². The Morgan fingerprint density at radius 3 is 1.57 bits per heavy atom. The van der Waals surface area contributed by atoms with Crippen molar-refractivity contribution in [1.29, 1.82) is 0 Å². The van der Waals surface area contributed by atoms with E-state index in [1.165, 1.54) is 94.2 Å². The highest BCUT2D eigenvalue weighted by molar-refractivity contribution is 6.07. The van der Waals surface area contributed by atoms with E-state index in [4.69, 9.17) is 0 Å². The molecule has 0 bridgehead atoms. The van der Waals surface area contributed by atoms with Crippen LogP contribution >= 0.6 is 0 Å². The van der Waals surface area contributed by atoms with Gasteiger partial charge in [0, 0.05) is 22.4 Å². The number of hydrogen-bond acceptors (Lipinski definition) is 1. The number of anilines is 3. The van der Waals surface area contributed by atoms with Crippen molar-refractivity contribution in [3.63, 3.8) is 0 Å². The SMILES string of the molecule is CC1(C)c2ccccc2-c2c(-c3cc(N(c4ccc5c(c4)C(c4ccccc4)(c4ccccc4)c4ccccc4-5)c4cccc(-c5ccccc5)c4-c4ccccc4)cc4ccccc34)cccc21. The first-order chi connectivity index (χ1) is 34.0.